The fraction of sp³-hybridized carbons (Fsp3) is 0.143. The molecule has 0 amide bonds. The molecule has 0 aliphatic rings. The van der Waals surface area contributed by atoms with Gasteiger partial charge in [0.1, 0.15) is 0 Å². The van der Waals surface area contributed by atoms with E-state index >= 15 is 0 Å². The van der Waals surface area contributed by atoms with E-state index in [1.165, 1.54) is 16.4 Å². The van der Waals surface area contributed by atoms with Crippen LogP contribution in [-0.4, -0.2) is 19.8 Å². The molecule has 0 atom stereocenters. The Balaban J connectivity index is 2.21. The first-order chi connectivity index (χ1) is 9.39. The maximum atomic E-state index is 12.4. The van der Waals surface area contributed by atoms with Crippen molar-refractivity contribution in [2.45, 2.75) is 11.4 Å². The average Bonchev–Trinajstić information content (AvgIpc) is 2.42. The van der Waals surface area contributed by atoms with Crippen molar-refractivity contribution in [1.82, 2.24) is 4.31 Å². The Bertz CT molecular complexity index is 684. The Labute approximate surface area is 132 Å². The molecule has 0 unspecified atom stereocenters. The van der Waals surface area contributed by atoms with Crippen LogP contribution < -0.4 is 0 Å². The molecule has 0 aromatic heterocycles. The van der Waals surface area contributed by atoms with Gasteiger partial charge < -0.3 is 0 Å². The molecule has 6 heteroatoms. The Morgan fingerprint density at radius 3 is 2.15 bits per heavy atom. The number of benzene rings is 2. The molecule has 0 heterocycles. The zero-order chi connectivity index (χ0) is 14.8. The molecule has 3 nitrogen and oxygen atoms in total. The average molecular weight is 375 g/mol. The summed E-state index contributed by atoms with van der Waals surface area (Å²) in [6.45, 7) is 0.318. The van der Waals surface area contributed by atoms with Crippen LogP contribution in [0.15, 0.2) is 57.9 Å². The van der Waals surface area contributed by atoms with Gasteiger partial charge in [0.15, 0.2) is 0 Å². The maximum absolute atomic E-state index is 12.4. The Hall–Kier alpha value is -0.880. The number of hydrogen-bond acceptors (Lipinski definition) is 2. The lowest BCUT2D eigenvalue weighted by molar-refractivity contribution is 0.466. The van der Waals surface area contributed by atoms with Crippen molar-refractivity contribution >= 4 is 37.6 Å². The molecule has 0 aliphatic carbocycles. The van der Waals surface area contributed by atoms with Crippen molar-refractivity contribution in [2.24, 2.45) is 0 Å². The minimum Gasteiger partial charge on any atom is -0.207 e. The minimum absolute atomic E-state index is 0.238. The van der Waals surface area contributed by atoms with E-state index in [1.807, 2.05) is 24.3 Å². The Morgan fingerprint density at radius 2 is 1.60 bits per heavy atom. The molecule has 2 aromatic carbocycles. The molecule has 0 fully saturated rings. The Kier molecular flexibility index (Phi) is 4.86. The molecule has 0 radical (unpaired) electrons. The van der Waals surface area contributed by atoms with Crippen molar-refractivity contribution in [3.05, 3.63) is 63.6 Å². The lowest BCUT2D eigenvalue weighted by Crippen LogP contribution is -2.26. The van der Waals surface area contributed by atoms with Gasteiger partial charge in [-0.2, -0.15) is 4.31 Å². The van der Waals surface area contributed by atoms with Crippen molar-refractivity contribution in [3.8, 4) is 0 Å². The quantitative estimate of drug-likeness (QED) is 0.813. The first-order valence-corrected chi connectivity index (χ1v) is 8.47. The van der Waals surface area contributed by atoms with Gasteiger partial charge in [-0.25, -0.2) is 8.42 Å². The summed E-state index contributed by atoms with van der Waals surface area (Å²) in [5, 5.41) is 0.513. The highest BCUT2D eigenvalue weighted by Crippen LogP contribution is 2.19. The molecular formula is C14H13BrClNO2S. The Morgan fingerprint density at radius 1 is 1.05 bits per heavy atom. The molecule has 2 rings (SSSR count). The van der Waals surface area contributed by atoms with Crippen LogP contribution in [0.4, 0.5) is 0 Å². The van der Waals surface area contributed by atoms with Crippen LogP contribution in [-0.2, 0) is 16.6 Å². The number of hydrogen-bond donors (Lipinski definition) is 0. The van der Waals surface area contributed by atoms with Crippen LogP contribution in [0.1, 0.15) is 5.56 Å². The predicted molar refractivity (Wildman–Crippen MR) is 84.2 cm³/mol. The SMILES string of the molecule is CN(Cc1ccc(Br)cc1)S(=O)(=O)c1ccc(Cl)cc1. The van der Waals surface area contributed by atoms with E-state index in [2.05, 4.69) is 15.9 Å². The number of halogens is 2. The second-order valence-electron chi connectivity index (χ2n) is 4.34. The van der Waals surface area contributed by atoms with Crippen molar-refractivity contribution in [2.75, 3.05) is 7.05 Å². The molecule has 0 aliphatic heterocycles. The lowest BCUT2D eigenvalue weighted by Gasteiger charge is -2.17. The molecule has 106 valence electrons. The first-order valence-electron chi connectivity index (χ1n) is 5.86. The second-order valence-corrected chi connectivity index (χ2v) is 7.74. The van der Waals surface area contributed by atoms with Crippen LogP contribution in [0.2, 0.25) is 5.02 Å². The highest BCUT2D eigenvalue weighted by Gasteiger charge is 2.20. The molecule has 0 bridgehead atoms. The largest absolute Gasteiger partial charge is 0.243 e. The van der Waals surface area contributed by atoms with Gasteiger partial charge in [-0.1, -0.05) is 39.7 Å². The number of nitrogens with zero attached hydrogens (tertiary/aromatic N) is 1. The second kappa shape index (κ2) is 6.26. The summed E-state index contributed by atoms with van der Waals surface area (Å²) < 4.78 is 27.1. The van der Waals surface area contributed by atoms with Crippen LogP contribution in [0, 0.1) is 0 Å². The zero-order valence-corrected chi connectivity index (χ0v) is 13.9. The summed E-state index contributed by atoms with van der Waals surface area (Å²) in [6.07, 6.45) is 0. The maximum Gasteiger partial charge on any atom is 0.243 e. The highest BCUT2D eigenvalue weighted by molar-refractivity contribution is 9.10. The van der Waals surface area contributed by atoms with Gasteiger partial charge in [0, 0.05) is 23.1 Å². The van der Waals surface area contributed by atoms with E-state index in [-0.39, 0.29) is 4.90 Å². The molecule has 0 saturated carbocycles. The topological polar surface area (TPSA) is 37.4 Å². The summed E-state index contributed by atoms with van der Waals surface area (Å²) in [7, 11) is -1.94. The van der Waals surface area contributed by atoms with Gasteiger partial charge in [-0.3, -0.25) is 0 Å². The third-order valence-corrected chi connectivity index (χ3v) is 5.44. The fourth-order valence-corrected chi connectivity index (χ4v) is 3.27. The zero-order valence-electron chi connectivity index (χ0n) is 10.8. The third-order valence-electron chi connectivity index (χ3n) is 2.84. The van der Waals surface area contributed by atoms with E-state index < -0.39 is 10.0 Å². The van der Waals surface area contributed by atoms with E-state index in [0.717, 1.165) is 10.0 Å². The molecule has 0 spiro atoms. The van der Waals surface area contributed by atoms with Gasteiger partial charge in [0.2, 0.25) is 10.0 Å². The van der Waals surface area contributed by atoms with Gasteiger partial charge in [0.25, 0.3) is 0 Å². The number of sulfonamides is 1. The van der Waals surface area contributed by atoms with Crippen LogP contribution >= 0.6 is 27.5 Å². The molecule has 0 N–H and O–H groups in total. The first kappa shape index (κ1) is 15.5. The minimum atomic E-state index is -3.50. The van der Waals surface area contributed by atoms with Crippen molar-refractivity contribution < 1.29 is 8.42 Å². The van der Waals surface area contributed by atoms with Crippen LogP contribution in [0.25, 0.3) is 0 Å². The highest BCUT2D eigenvalue weighted by atomic mass is 79.9. The van der Waals surface area contributed by atoms with Crippen LogP contribution in [0.5, 0.6) is 0 Å². The molecule has 0 saturated heterocycles. The summed E-state index contributed by atoms with van der Waals surface area (Å²) >= 11 is 9.12. The van der Waals surface area contributed by atoms with Gasteiger partial charge >= 0.3 is 0 Å². The van der Waals surface area contributed by atoms with E-state index in [0.29, 0.717) is 11.6 Å². The standard InChI is InChI=1S/C14H13BrClNO2S/c1-17(10-11-2-4-12(15)5-3-11)20(18,19)14-8-6-13(16)7-9-14/h2-9H,10H2,1H3. The summed E-state index contributed by atoms with van der Waals surface area (Å²) in [5.74, 6) is 0. The molecular weight excluding hydrogens is 362 g/mol. The summed E-state index contributed by atoms with van der Waals surface area (Å²) in [6, 6.07) is 13.7. The van der Waals surface area contributed by atoms with E-state index in [9.17, 15) is 8.42 Å². The van der Waals surface area contributed by atoms with Crippen molar-refractivity contribution in [3.63, 3.8) is 0 Å². The van der Waals surface area contributed by atoms with Crippen molar-refractivity contribution in [1.29, 1.82) is 0 Å². The van der Waals surface area contributed by atoms with E-state index in [1.54, 1.807) is 19.2 Å². The normalized spacial score (nSPS) is 11.8. The smallest absolute Gasteiger partial charge is 0.207 e. The van der Waals surface area contributed by atoms with Gasteiger partial charge in [-0.15, -0.1) is 0 Å². The fourth-order valence-electron chi connectivity index (χ4n) is 1.72. The summed E-state index contributed by atoms with van der Waals surface area (Å²) in [5.41, 5.74) is 0.924. The molecule has 20 heavy (non-hydrogen) atoms. The predicted octanol–water partition coefficient (Wildman–Crippen LogP) is 3.92. The monoisotopic (exact) mass is 373 g/mol. The molecule has 2 aromatic rings. The van der Waals surface area contributed by atoms with E-state index in [4.69, 9.17) is 11.6 Å². The van der Waals surface area contributed by atoms with Gasteiger partial charge in [0.05, 0.1) is 4.90 Å². The van der Waals surface area contributed by atoms with Crippen LogP contribution in [0.3, 0.4) is 0 Å². The lowest BCUT2D eigenvalue weighted by atomic mass is 10.2. The summed E-state index contributed by atoms with van der Waals surface area (Å²) in [4.78, 5) is 0.238. The third kappa shape index (κ3) is 3.61. The number of rotatable bonds is 4. The van der Waals surface area contributed by atoms with Gasteiger partial charge in [-0.05, 0) is 42.0 Å².